The maximum atomic E-state index is 12.4. The van der Waals surface area contributed by atoms with Crippen LogP contribution in [0.15, 0.2) is 42.5 Å². The first-order valence-corrected chi connectivity index (χ1v) is 8.63. The summed E-state index contributed by atoms with van der Waals surface area (Å²) in [6, 6.07) is 13.3. The van der Waals surface area contributed by atoms with Gasteiger partial charge in [-0.3, -0.25) is 4.79 Å². The molecule has 0 bridgehead atoms. The molecule has 2 aromatic carbocycles. The molecule has 1 saturated heterocycles. The van der Waals surface area contributed by atoms with E-state index >= 15 is 0 Å². The summed E-state index contributed by atoms with van der Waals surface area (Å²) >= 11 is 0. The Bertz CT molecular complexity index is 740. The second-order valence-corrected chi connectivity index (χ2v) is 6.05. The van der Waals surface area contributed by atoms with E-state index < -0.39 is 0 Å². The Kier molecular flexibility index (Phi) is 5.96. The fraction of sp³-hybridized carbons (Fsp3) is 0.350. The van der Waals surface area contributed by atoms with E-state index in [1.165, 1.54) is 0 Å². The topological polar surface area (TPSA) is 60.0 Å². The van der Waals surface area contributed by atoms with Crippen LogP contribution in [0, 0.1) is 0 Å². The first-order valence-electron chi connectivity index (χ1n) is 8.63. The van der Waals surface area contributed by atoms with Gasteiger partial charge in [-0.2, -0.15) is 0 Å². The number of nitrogens with zero attached hydrogens (tertiary/aromatic N) is 1. The summed E-state index contributed by atoms with van der Waals surface area (Å²) in [6.07, 6.45) is 0.235. The number of rotatable bonds is 6. The summed E-state index contributed by atoms with van der Waals surface area (Å²) < 4.78 is 15.9. The van der Waals surface area contributed by atoms with Crippen molar-refractivity contribution in [1.29, 1.82) is 0 Å². The summed E-state index contributed by atoms with van der Waals surface area (Å²) in [5.41, 5.74) is 2.73. The number of methoxy groups -OCH3 is 2. The lowest BCUT2D eigenvalue weighted by molar-refractivity contribution is -0.115. The van der Waals surface area contributed by atoms with Gasteiger partial charge in [-0.05, 0) is 30.3 Å². The maximum absolute atomic E-state index is 12.4. The molecule has 0 unspecified atom stereocenters. The molecule has 1 aliphatic rings. The molecule has 0 aliphatic carbocycles. The quantitative estimate of drug-likeness (QED) is 0.862. The lowest BCUT2D eigenvalue weighted by Crippen LogP contribution is -2.36. The van der Waals surface area contributed by atoms with E-state index in [0.29, 0.717) is 11.5 Å². The average Bonchev–Trinajstić information content (AvgIpc) is 2.69. The Hall–Kier alpha value is -2.73. The Labute approximate surface area is 153 Å². The Balaban J connectivity index is 1.61. The van der Waals surface area contributed by atoms with Gasteiger partial charge in [0.05, 0.1) is 33.9 Å². The van der Waals surface area contributed by atoms with Crippen LogP contribution in [0.1, 0.15) is 5.56 Å². The van der Waals surface area contributed by atoms with Crippen molar-refractivity contribution in [2.45, 2.75) is 6.42 Å². The molecule has 0 atom stereocenters. The summed E-state index contributed by atoms with van der Waals surface area (Å²) in [6.45, 7) is 3.29. The number of anilines is 2. The molecule has 3 rings (SSSR count). The molecule has 26 heavy (non-hydrogen) atoms. The highest BCUT2D eigenvalue weighted by molar-refractivity contribution is 5.92. The molecule has 6 nitrogen and oxygen atoms in total. The molecule has 0 aromatic heterocycles. The molecule has 6 heteroatoms. The van der Waals surface area contributed by atoms with Gasteiger partial charge in [0.25, 0.3) is 0 Å². The van der Waals surface area contributed by atoms with E-state index in [4.69, 9.17) is 14.2 Å². The smallest absolute Gasteiger partial charge is 0.228 e. The third-order valence-electron chi connectivity index (χ3n) is 4.37. The van der Waals surface area contributed by atoms with Gasteiger partial charge in [-0.15, -0.1) is 0 Å². The molecule has 0 saturated carbocycles. The minimum Gasteiger partial charge on any atom is -0.497 e. The fourth-order valence-electron chi connectivity index (χ4n) is 2.95. The number of hydrogen-bond donors (Lipinski definition) is 1. The lowest BCUT2D eigenvalue weighted by Gasteiger charge is -2.28. The molecule has 138 valence electrons. The number of hydrogen-bond acceptors (Lipinski definition) is 5. The highest BCUT2D eigenvalue weighted by atomic mass is 16.5. The van der Waals surface area contributed by atoms with E-state index in [1.54, 1.807) is 20.3 Å². The summed E-state index contributed by atoms with van der Waals surface area (Å²) in [4.78, 5) is 14.6. The van der Waals surface area contributed by atoms with Crippen molar-refractivity contribution in [1.82, 2.24) is 0 Å². The number of benzene rings is 2. The normalized spacial score (nSPS) is 14.0. The number of nitrogens with one attached hydrogen (secondary N) is 1. The van der Waals surface area contributed by atoms with Crippen LogP contribution < -0.4 is 19.7 Å². The van der Waals surface area contributed by atoms with Gasteiger partial charge < -0.3 is 24.4 Å². The SMILES string of the molecule is COc1ccc(CC(=O)Nc2ccc(N3CCOCC3)cc2)c(OC)c1. The zero-order chi connectivity index (χ0) is 18.4. The van der Waals surface area contributed by atoms with Gasteiger partial charge in [0.1, 0.15) is 11.5 Å². The Morgan fingerprint density at radius 3 is 2.46 bits per heavy atom. The van der Waals surface area contributed by atoms with Gasteiger partial charge in [0.2, 0.25) is 5.91 Å². The van der Waals surface area contributed by atoms with Crippen molar-refractivity contribution in [2.24, 2.45) is 0 Å². The second kappa shape index (κ2) is 8.58. The zero-order valence-electron chi connectivity index (χ0n) is 15.2. The van der Waals surface area contributed by atoms with Crippen LogP contribution in [0.3, 0.4) is 0 Å². The molecule has 1 fully saturated rings. The van der Waals surface area contributed by atoms with E-state index in [1.807, 2.05) is 36.4 Å². The summed E-state index contributed by atoms with van der Waals surface area (Å²) in [5.74, 6) is 1.25. The van der Waals surface area contributed by atoms with Crippen molar-refractivity contribution in [3.63, 3.8) is 0 Å². The number of ether oxygens (including phenoxy) is 3. The monoisotopic (exact) mass is 356 g/mol. The van der Waals surface area contributed by atoms with Crippen LogP contribution in [0.25, 0.3) is 0 Å². The molecule has 1 N–H and O–H groups in total. The maximum Gasteiger partial charge on any atom is 0.228 e. The largest absolute Gasteiger partial charge is 0.497 e. The predicted octanol–water partition coefficient (Wildman–Crippen LogP) is 2.72. The van der Waals surface area contributed by atoms with Crippen molar-refractivity contribution in [3.8, 4) is 11.5 Å². The molecular formula is C20H24N2O4. The number of amides is 1. The molecule has 1 amide bonds. The second-order valence-electron chi connectivity index (χ2n) is 6.05. The third kappa shape index (κ3) is 4.46. The first-order chi connectivity index (χ1) is 12.7. The number of carbonyl (C=O) groups excluding carboxylic acids is 1. The van der Waals surface area contributed by atoms with Crippen molar-refractivity contribution in [3.05, 3.63) is 48.0 Å². The predicted molar refractivity (Wildman–Crippen MR) is 101 cm³/mol. The highest BCUT2D eigenvalue weighted by Gasteiger charge is 2.12. The van der Waals surface area contributed by atoms with Gasteiger partial charge in [0, 0.05) is 36.1 Å². The Morgan fingerprint density at radius 1 is 1.08 bits per heavy atom. The van der Waals surface area contributed by atoms with Crippen LogP contribution in [0.2, 0.25) is 0 Å². The van der Waals surface area contributed by atoms with Crippen molar-refractivity contribution < 1.29 is 19.0 Å². The van der Waals surface area contributed by atoms with Crippen molar-refractivity contribution in [2.75, 3.05) is 50.7 Å². The molecule has 0 radical (unpaired) electrons. The highest BCUT2D eigenvalue weighted by Crippen LogP contribution is 2.25. The molecule has 2 aromatic rings. The minimum absolute atomic E-state index is 0.0902. The van der Waals surface area contributed by atoms with E-state index in [-0.39, 0.29) is 12.3 Å². The summed E-state index contributed by atoms with van der Waals surface area (Å²) in [7, 11) is 3.18. The van der Waals surface area contributed by atoms with Crippen LogP contribution in [-0.2, 0) is 16.0 Å². The van der Waals surface area contributed by atoms with Crippen LogP contribution >= 0.6 is 0 Å². The van der Waals surface area contributed by atoms with Crippen LogP contribution in [-0.4, -0.2) is 46.4 Å². The van der Waals surface area contributed by atoms with Gasteiger partial charge in [-0.1, -0.05) is 6.07 Å². The first kappa shape index (κ1) is 18.1. The minimum atomic E-state index is -0.0902. The molecule has 1 aliphatic heterocycles. The molecule has 0 spiro atoms. The van der Waals surface area contributed by atoms with Crippen molar-refractivity contribution >= 4 is 17.3 Å². The van der Waals surface area contributed by atoms with Crippen LogP contribution in [0.5, 0.6) is 11.5 Å². The third-order valence-corrected chi connectivity index (χ3v) is 4.37. The fourth-order valence-corrected chi connectivity index (χ4v) is 2.95. The van der Waals surface area contributed by atoms with Gasteiger partial charge in [-0.25, -0.2) is 0 Å². The molecule has 1 heterocycles. The van der Waals surface area contributed by atoms with Gasteiger partial charge >= 0.3 is 0 Å². The van der Waals surface area contributed by atoms with E-state index in [9.17, 15) is 4.79 Å². The number of morpholine rings is 1. The number of carbonyl (C=O) groups is 1. The molecular weight excluding hydrogens is 332 g/mol. The van der Waals surface area contributed by atoms with Crippen LogP contribution in [0.4, 0.5) is 11.4 Å². The zero-order valence-corrected chi connectivity index (χ0v) is 15.2. The van der Waals surface area contributed by atoms with E-state index in [0.717, 1.165) is 43.2 Å². The Morgan fingerprint density at radius 2 is 1.81 bits per heavy atom. The average molecular weight is 356 g/mol. The lowest BCUT2D eigenvalue weighted by atomic mass is 10.1. The summed E-state index contributed by atoms with van der Waals surface area (Å²) in [5, 5.41) is 2.93. The standard InChI is InChI=1S/C20H24N2O4/c1-24-18-8-3-15(19(14-18)25-2)13-20(23)21-16-4-6-17(7-5-16)22-9-11-26-12-10-22/h3-8,14H,9-13H2,1-2H3,(H,21,23). The van der Waals surface area contributed by atoms with Gasteiger partial charge in [0.15, 0.2) is 0 Å². The van der Waals surface area contributed by atoms with E-state index in [2.05, 4.69) is 10.2 Å².